The quantitative estimate of drug-likeness (QED) is 0.383. The van der Waals surface area contributed by atoms with Gasteiger partial charge in [-0.25, -0.2) is 0 Å². The van der Waals surface area contributed by atoms with Crippen molar-refractivity contribution in [3.63, 3.8) is 0 Å². The molecule has 0 saturated carbocycles. The minimum Gasteiger partial charge on any atom is -0.0622 e. The fourth-order valence-electron chi connectivity index (χ4n) is 3.04. The van der Waals surface area contributed by atoms with Gasteiger partial charge in [0.1, 0.15) is 0 Å². The predicted molar refractivity (Wildman–Crippen MR) is 109 cm³/mol. The van der Waals surface area contributed by atoms with Gasteiger partial charge in [0.25, 0.3) is 0 Å². The zero-order valence-corrected chi connectivity index (χ0v) is 14.9. The molecule has 25 heavy (non-hydrogen) atoms. The van der Waals surface area contributed by atoms with Gasteiger partial charge in [-0.2, -0.15) is 0 Å². The standard InChI is InChI=1S/C14H14.C11H10/c1-12-6-5-9-14(10-12)11-13-7-3-2-4-8-13;1-9-5-4-7-10-6-2-3-8-11(9)10/h2-10H,11H2,1H3;2-8H,1H3. The highest BCUT2D eigenvalue weighted by atomic mass is 14.0. The Morgan fingerprint density at radius 3 is 1.96 bits per heavy atom. The first-order chi connectivity index (χ1) is 12.2. The Hall–Kier alpha value is -2.86. The van der Waals surface area contributed by atoms with Crippen LogP contribution in [0.5, 0.6) is 0 Å². The number of hydrogen-bond donors (Lipinski definition) is 0. The van der Waals surface area contributed by atoms with Crippen LogP contribution in [0.1, 0.15) is 22.3 Å². The normalized spacial score (nSPS) is 10.2. The van der Waals surface area contributed by atoms with E-state index in [1.807, 2.05) is 0 Å². The van der Waals surface area contributed by atoms with E-state index in [-0.39, 0.29) is 0 Å². The lowest BCUT2D eigenvalue weighted by molar-refractivity contribution is 1.18. The topological polar surface area (TPSA) is 0 Å². The molecular weight excluding hydrogens is 300 g/mol. The fourth-order valence-corrected chi connectivity index (χ4v) is 3.04. The SMILES string of the molecule is Cc1cccc(Cc2ccccc2)c1.Cc1cccc2ccccc12. The summed E-state index contributed by atoms with van der Waals surface area (Å²) in [6.07, 6.45) is 1.03. The van der Waals surface area contributed by atoms with Crippen molar-refractivity contribution in [3.05, 3.63) is 119 Å². The molecule has 0 radical (unpaired) electrons. The van der Waals surface area contributed by atoms with E-state index in [2.05, 4.69) is 111 Å². The molecule has 4 rings (SSSR count). The van der Waals surface area contributed by atoms with E-state index in [0.29, 0.717) is 0 Å². The molecule has 4 aromatic carbocycles. The maximum Gasteiger partial charge on any atom is -0.00257 e. The van der Waals surface area contributed by atoms with E-state index in [0.717, 1.165) is 6.42 Å². The summed E-state index contributed by atoms with van der Waals surface area (Å²) in [6.45, 7) is 4.27. The molecule has 0 N–H and O–H groups in total. The summed E-state index contributed by atoms with van der Waals surface area (Å²) in [5, 5.41) is 2.68. The fraction of sp³-hybridized carbons (Fsp3) is 0.120. The maximum atomic E-state index is 2.24. The molecule has 0 spiro atoms. The molecule has 0 aliphatic rings. The third-order valence-electron chi connectivity index (χ3n) is 4.34. The Kier molecular flexibility index (Phi) is 5.64. The Balaban J connectivity index is 0.000000150. The summed E-state index contributed by atoms with van der Waals surface area (Å²) in [7, 11) is 0. The van der Waals surface area contributed by atoms with E-state index in [1.54, 1.807) is 0 Å². The van der Waals surface area contributed by atoms with Crippen LogP contribution in [0.25, 0.3) is 10.8 Å². The lowest BCUT2D eigenvalue weighted by Gasteiger charge is -2.02. The van der Waals surface area contributed by atoms with E-state index >= 15 is 0 Å². The van der Waals surface area contributed by atoms with Crippen molar-refractivity contribution in [1.29, 1.82) is 0 Å². The van der Waals surface area contributed by atoms with Crippen molar-refractivity contribution >= 4 is 10.8 Å². The van der Waals surface area contributed by atoms with Crippen LogP contribution in [0.2, 0.25) is 0 Å². The number of benzene rings is 4. The van der Waals surface area contributed by atoms with Gasteiger partial charge in [0.15, 0.2) is 0 Å². The number of rotatable bonds is 2. The smallest absolute Gasteiger partial charge is 0.00257 e. The molecule has 0 amide bonds. The molecule has 0 fully saturated rings. The summed E-state index contributed by atoms with van der Waals surface area (Å²) >= 11 is 0. The summed E-state index contributed by atoms with van der Waals surface area (Å²) in [5.74, 6) is 0. The minimum atomic E-state index is 1.03. The van der Waals surface area contributed by atoms with Crippen LogP contribution in [0, 0.1) is 13.8 Å². The molecule has 0 heteroatoms. The zero-order valence-electron chi connectivity index (χ0n) is 14.9. The summed E-state index contributed by atoms with van der Waals surface area (Å²) < 4.78 is 0. The molecule has 0 aliphatic heterocycles. The van der Waals surface area contributed by atoms with E-state index in [9.17, 15) is 0 Å². The van der Waals surface area contributed by atoms with Crippen molar-refractivity contribution < 1.29 is 0 Å². The van der Waals surface area contributed by atoms with Crippen molar-refractivity contribution in [2.24, 2.45) is 0 Å². The summed E-state index contributed by atoms with van der Waals surface area (Å²) in [6, 6.07) is 34.1. The molecule has 124 valence electrons. The van der Waals surface area contributed by atoms with Crippen LogP contribution < -0.4 is 0 Å². The summed E-state index contributed by atoms with van der Waals surface area (Å²) in [5.41, 5.74) is 5.44. The van der Waals surface area contributed by atoms with Gasteiger partial charge in [0.2, 0.25) is 0 Å². The van der Waals surface area contributed by atoms with Crippen molar-refractivity contribution in [3.8, 4) is 0 Å². The Labute approximate surface area is 150 Å². The van der Waals surface area contributed by atoms with E-state index in [1.165, 1.54) is 33.0 Å². The lowest BCUT2D eigenvalue weighted by Crippen LogP contribution is -1.87. The van der Waals surface area contributed by atoms with Gasteiger partial charge in [0, 0.05) is 0 Å². The second-order valence-electron chi connectivity index (χ2n) is 6.45. The second kappa shape index (κ2) is 8.30. The van der Waals surface area contributed by atoms with Gasteiger partial charge >= 0.3 is 0 Å². The van der Waals surface area contributed by atoms with Crippen molar-refractivity contribution in [2.75, 3.05) is 0 Å². The van der Waals surface area contributed by atoms with Gasteiger partial charge in [-0.1, -0.05) is 103 Å². The van der Waals surface area contributed by atoms with Crippen LogP contribution in [0.4, 0.5) is 0 Å². The largest absolute Gasteiger partial charge is 0.0622 e. The number of aryl methyl sites for hydroxylation is 2. The van der Waals surface area contributed by atoms with Gasteiger partial charge in [-0.15, -0.1) is 0 Å². The van der Waals surface area contributed by atoms with Gasteiger partial charge in [-0.3, -0.25) is 0 Å². The second-order valence-corrected chi connectivity index (χ2v) is 6.45. The maximum absolute atomic E-state index is 2.24. The number of fused-ring (bicyclic) bond motifs is 1. The average Bonchev–Trinajstić information content (AvgIpc) is 2.64. The molecule has 0 heterocycles. The molecule has 0 saturated heterocycles. The van der Waals surface area contributed by atoms with Gasteiger partial charge in [0.05, 0.1) is 0 Å². The minimum absolute atomic E-state index is 1.03. The Morgan fingerprint density at radius 1 is 0.560 bits per heavy atom. The highest BCUT2D eigenvalue weighted by Gasteiger charge is 1.95. The molecule has 0 nitrogen and oxygen atoms in total. The van der Waals surface area contributed by atoms with Crippen LogP contribution in [0.15, 0.2) is 97.1 Å². The van der Waals surface area contributed by atoms with E-state index in [4.69, 9.17) is 0 Å². The third kappa shape index (κ3) is 4.81. The first-order valence-corrected chi connectivity index (χ1v) is 8.76. The Bertz CT molecular complexity index is 931. The lowest BCUT2D eigenvalue weighted by atomic mass is 10.0. The molecule has 0 aliphatic carbocycles. The van der Waals surface area contributed by atoms with Gasteiger partial charge < -0.3 is 0 Å². The first-order valence-electron chi connectivity index (χ1n) is 8.76. The zero-order chi connectivity index (χ0) is 17.5. The van der Waals surface area contributed by atoms with Crippen LogP contribution in [-0.2, 0) is 6.42 Å². The molecule has 0 atom stereocenters. The first kappa shape index (κ1) is 17.0. The monoisotopic (exact) mass is 324 g/mol. The number of hydrogen-bond acceptors (Lipinski definition) is 0. The van der Waals surface area contributed by atoms with Crippen LogP contribution >= 0.6 is 0 Å². The summed E-state index contributed by atoms with van der Waals surface area (Å²) in [4.78, 5) is 0. The van der Waals surface area contributed by atoms with E-state index < -0.39 is 0 Å². The average molecular weight is 324 g/mol. The van der Waals surface area contributed by atoms with Crippen LogP contribution in [-0.4, -0.2) is 0 Å². The highest BCUT2D eigenvalue weighted by Crippen LogP contribution is 2.16. The molecule has 0 bridgehead atoms. The molecule has 4 aromatic rings. The molecule has 0 aromatic heterocycles. The third-order valence-corrected chi connectivity index (χ3v) is 4.34. The van der Waals surface area contributed by atoms with Crippen molar-refractivity contribution in [2.45, 2.75) is 20.3 Å². The van der Waals surface area contributed by atoms with Gasteiger partial charge in [-0.05, 0) is 47.7 Å². The highest BCUT2D eigenvalue weighted by molar-refractivity contribution is 5.85. The Morgan fingerprint density at radius 2 is 1.20 bits per heavy atom. The predicted octanol–water partition coefficient (Wildman–Crippen LogP) is 6.73. The van der Waals surface area contributed by atoms with Crippen LogP contribution in [0.3, 0.4) is 0 Å². The molecular formula is C25H24. The molecule has 0 unspecified atom stereocenters. The van der Waals surface area contributed by atoms with Crippen molar-refractivity contribution in [1.82, 2.24) is 0 Å².